The fourth-order valence-electron chi connectivity index (χ4n) is 2.02. The summed E-state index contributed by atoms with van der Waals surface area (Å²) < 4.78 is 0. The fraction of sp³-hybridized carbons (Fsp3) is 0.231. The van der Waals surface area contributed by atoms with Gasteiger partial charge in [0.25, 0.3) is 0 Å². The molecule has 0 atom stereocenters. The molecule has 0 bridgehead atoms. The molecule has 0 heterocycles. The molecule has 0 spiro atoms. The van der Waals surface area contributed by atoms with E-state index in [1.54, 1.807) is 6.07 Å². The van der Waals surface area contributed by atoms with Crippen molar-refractivity contribution in [2.24, 2.45) is 0 Å². The molecule has 0 radical (unpaired) electrons. The van der Waals surface area contributed by atoms with Crippen LogP contribution < -0.4 is 0 Å². The van der Waals surface area contributed by atoms with Crippen molar-refractivity contribution < 1.29 is 5.11 Å². The first-order valence-electron chi connectivity index (χ1n) is 4.79. The topological polar surface area (TPSA) is 20.2 Å². The van der Waals surface area contributed by atoms with Crippen LogP contribution in [0, 0.1) is 20.8 Å². The molecule has 0 aliphatic rings. The van der Waals surface area contributed by atoms with Gasteiger partial charge in [0.15, 0.2) is 0 Å². The minimum absolute atomic E-state index is 0.381. The van der Waals surface area contributed by atoms with Crippen LogP contribution in [0.1, 0.15) is 16.7 Å². The number of hydrogen-bond acceptors (Lipinski definition) is 1. The van der Waals surface area contributed by atoms with E-state index in [0.29, 0.717) is 5.75 Å². The van der Waals surface area contributed by atoms with E-state index in [9.17, 15) is 5.11 Å². The standard InChI is InChI=1S/C13H14O/c1-8-4-5-10(3)13-11(14)7-6-9(2)12(8)13/h4-7,14H,1-3H3. The monoisotopic (exact) mass is 186 g/mol. The van der Waals surface area contributed by atoms with Crippen molar-refractivity contribution in [3.05, 3.63) is 41.0 Å². The molecule has 2 aromatic rings. The SMILES string of the molecule is Cc1ccc(C)c2c(O)ccc(C)c12. The Morgan fingerprint density at radius 1 is 0.714 bits per heavy atom. The summed E-state index contributed by atoms with van der Waals surface area (Å²) in [6.07, 6.45) is 0. The highest BCUT2D eigenvalue weighted by Gasteiger charge is 2.07. The van der Waals surface area contributed by atoms with Crippen molar-refractivity contribution in [3.8, 4) is 5.75 Å². The van der Waals surface area contributed by atoms with Gasteiger partial charge in [-0.1, -0.05) is 18.2 Å². The van der Waals surface area contributed by atoms with Crippen molar-refractivity contribution in [2.75, 3.05) is 0 Å². The molecule has 0 fully saturated rings. The van der Waals surface area contributed by atoms with Crippen LogP contribution in [0.5, 0.6) is 5.75 Å². The van der Waals surface area contributed by atoms with Crippen molar-refractivity contribution in [1.82, 2.24) is 0 Å². The Morgan fingerprint density at radius 2 is 1.14 bits per heavy atom. The Morgan fingerprint density at radius 3 is 1.64 bits per heavy atom. The summed E-state index contributed by atoms with van der Waals surface area (Å²) in [6, 6.07) is 7.88. The third-order valence-corrected chi connectivity index (χ3v) is 2.76. The Bertz CT molecular complexity index is 409. The molecule has 72 valence electrons. The second kappa shape index (κ2) is 3.02. The maximum Gasteiger partial charge on any atom is 0.123 e. The summed E-state index contributed by atoms with van der Waals surface area (Å²) in [5, 5.41) is 12.0. The van der Waals surface area contributed by atoms with E-state index in [-0.39, 0.29) is 0 Å². The van der Waals surface area contributed by atoms with E-state index in [4.69, 9.17) is 0 Å². The van der Waals surface area contributed by atoms with Gasteiger partial charge in [0.2, 0.25) is 0 Å². The van der Waals surface area contributed by atoms with Gasteiger partial charge >= 0.3 is 0 Å². The highest BCUT2D eigenvalue weighted by Crippen LogP contribution is 2.32. The lowest BCUT2D eigenvalue weighted by Gasteiger charge is -2.10. The molecule has 0 aromatic heterocycles. The van der Waals surface area contributed by atoms with E-state index >= 15 is 0 Å². The van der Waals surface area contributed by atoms with Gasteiger partial charge in [-0.15, -0.1) is 0 Å². The third-order valence-electron chi connectivity index (χ3n) is 2.76. The van der Waals surface area contributed by atoms with Crippen molar-refractivity contribution in [3.63, 3.8) is 0 Å². The molecule has 14 heavy (non-hydrogen) atoms. The molecule has 0 amide bonds. The summed E-state index contributed by atoms with van der Waals surface area (Å²) >= 11 is 0. The smallest absolute Gasteiger partial charge is 0.123 e. The molecular formula is C13H14O. The molecule has 1 nitrogen and oxygen atoms in total. The van der Waals surface area contributed by atoms with Crippen LogP contribution in [-0.4, -0.2) is 5.11 Å². The van der Waals surface area contributed by atoms with Crippen LogP contribution in [0.3, 0.4) is 0 Å². The third kappa shape index (κ3) is 1.17. The number of benzene rings is 2. The second-order valence-electron chi connectivity index (χ2n) is 3.85. The lowest BCUT2D eigenvalue weighted by Crippen LogP contribution is -1.86. The number of hydrogen-bond donors (Lipinski definition) is 1. The van der Waals surface area contributed by atoms with Gasteiger partial charge in [0.1, 0.15) is 5.75 Å². The van der Waals surface area contributed by atoms with Crippen LogP contribution in [0.15, 0.2) is 24.3 Å². The summed E-state index contributed by atoms with van der Waals surface area (Å²) in [4.78, 5) is 0. The van der Waals surface area contributed by atoms with Crippen LogP contribution in [0.25, 0.3) is 10.8 Å². The van der Waals surface area contributed by atoms with Gasteiger partial charge in [-0.3, -0.25) is 0 Å². The molecule has 2 aromatic carbocycles. The normalized spacial score (nSPS) is 10.8. The quantitative estimate of drug-likeness (QED) is 0.668. The maximum absolute atomic E-state index is 9.80. The van der Waals surface area contributed by atoms with E-state index in [0.717, 1.165) is 10.9 Å². The molecule has 0 saturated heterocycles. The predicted molar refractivity (Wildman–Crippen MR) is 59.8 cm³/mol. The molecule has 0 aliphatic carbocycles. The number of fused-ring (bicyclic) bond motifs is 1. The molecule has 0 saturated carbocycles. The highest BCUT2D eigenvalue weighted by molar-refractivity contribution is 5.95. The van der Waals surface area contributed by atoms with Crippen molar-refractivity contribution >= 4 is 10.8 Å². The average Bonchev–Trinajstić information content (AvgIpc) is 2.16. The number of aromatic hydroxyl groups is 1. The lowest BCUT2D eigenvalue weighted by atomic mass is 9.96. The zero-order valence-corrected chi connectivity index (χ0v) is 8.76. The molecule has 1 heteroatoms. The molecule has 0 unspecified atom stereocenters. The second-order valence-corrected chi connectivity index (χ2v) is 3.85. The summed E-state index contributed by atoms with van der Waals surface area (Å²) in [5.74, 6) is 0.381. The van der Waals surface area contributed by atoms with Gasteiger partial charge in [-0.2, -0.15) is 0 Å². The highest BCUT2D eigenvalue weighted by atomic mass is 16.3. The van der Waals surface area contributed by atoms with Gasteiger partial charge in [0, 0.05) is 5.39 Å². The molecule has 1 N–H and O–H groups in total. The maximum atomic E-state index is 9.80. The van der Waals surface area contributed by atoms with Gasteiger partial charge in [0.05, 0.1) is 0 Å². The van der Waals surface area contributed by atoms with Crippen LogP contribution in [-0.2, 0) is 0 Å². The van der Waals surface area contributed by atoms with Crippen molar-refractivity contribution in [1.29, 1.82) is 0 Å². The largest absolute Gasteiger partial charge is 0.507 e. The van der Waals surface area contributed by atoms with E-state index in [1.165, 1.54) is 16.5 Å². The number of rotatable bonds is 0. The van der Waals surface area contributed by atoms with E-state index in [2.05, 4.69) is 26.0 Å². The summed E-state index contributed by atoms with van der Waals surface area (Å²) in [5.41, 5.74) is 3.57. The molecular weight excluding hydrogens is 172 g/mol. The lowest BCUT2D eigenvalue weighted by molar-refractivity contribution is 0.481. The summed E-state index contributed by atoms with van der Waals surface area (Å²) in [7, 11) is 0. The van der Waals surface area contributed by atoms with E-state index < -0.39 is 0 Å². The Hall–Kier alpha value is -1.50. The minimum Gasteiger partial charge on any atom is -0.507 e. The number of aryl methyl sites for hydroxylation is 3. The Balaban J connectivity index is 3.05. The Labute approximate surface area is 84.0 Å². The average molecular weight is 186 g/mol. The summed E-state index contributed by atoms with van der Waals surface area (Å²) in [6.45, 7) is 6.18. The van der Waals surface area contributed by atoms with Gasteiger partial charge < -0.3 is 5.11 Å². The van der Waals surface area contributed by atoms with Crippen molar-refractivity contribution in [2.45, 2.75) is 20.8 Å². The zero-order chi connectivity index (χ0) is 10.3. The molecule has 2 rings (SSSR count). The first-order valence-corrected chi connectivity index (χ1v) is 4.79. The molecule has 0 aliphatic heterocycles. The number of phenols is 1. The van der Waals surface area contributed by atoms with Crippen LogP contribution in [0.4, 0.5) is 0 Å². The minimum atomic E-state index is 0.381. The first-order chi connectivity index (χ1) is 6.61. The van der Waals surface area contributed by atoms with E-state index in [1.807, 2.05) is 13.0 Å². The van der Waals surface area contributed by atoms with Crippen LogP contribution >= 0.6 is 0 Å². The zero-order valence-electron chi connectivity index (χ0n) is 8.76. The van der Waals surface area contributed by atoms with Gasteiger partial charge in [-0.05, 0) is 48.9 Å². The fourth-order valence-corrected chi connectivity index (χ4v) is 2.02. The predicted octanol–water partition coefficient (Wildman–Crippen LogP) is 3.47. The van der Waals surface area contributed by atoms with Gasteiger partial charge in [-0.25, -0.2) is 0 Å². The first kappa shape index (κ1) is 9.07. The number of phenolic OH excluding ortho intramolecular Hbond substituents is 1. The Kier molecular flexibility index (Phi) is 1.95. The van der Waals surface area contributed by atoms with Crippen LogP contribution in [0.2, 0.25) is 0 Å².